The van der Waals surface area contributed by atoms with Crippen LogP contribution in [0.15, 0.2) is 17.5 Å². The second-order valence-corrected chi connectivity index (χ2v) is 7.93. The largest absolute Gasteiger partial charge is 0.462 e. The van der Waals surface area contributed by atoms with Crippen LogP contribution in [0.5, 0.6) is 0 Å². The molecule has 134 valence electrons. The number of rotatable bonds is 5. The van der Waals surface area contributed by atoms with E-state index in [0.29, 0.717) is 15.6 Å². The number of nitrogens with zero attached hydrogens (tertiary/aromatic N) is 1. The van der Waals surface area contributed by atoms with Gasteiger partial charge in [0.2, 0.25) is 5.78 Å². The summed E-state index contributed by atoms with van der Waals surface area (Å²) >= 11 is 7.34. The molecule has 0 aromatic carbocycles. The van der Waals surface area contributed by atoms with Gasteiger partial charge in [0.15, 0.2) is 0 Å². The normalized spacial score (nSPS) is 16.8. The summed E-state index contributed by atoms with van der Waals surface area (Å²) in [5.41, 5.74) is 2.58. The van der Waals surface area contributed by atoms with Crippen LogP contribution in [0.25, 0.3) is 0 Å². The first kappa shape index (κ1) is 18.2. The summed E-state index contributed by atoms with van der Waals surface area (Å²) in [4.78, 5) is 26.2. The monoisotopic (exact) mass is 379 g/mol. The molecule has 3 heterocycles. The molecule has 1 unspecified atom stereocenters. The van der Waals surface area contributed by atoms with Gasteiger partial charge in [0.25, 0.3) is 0 Å². The molecule has 0 aliphatic carbocycles. The van der Waals surface area contributed by atoms with Crippen LogP contribution in [0.1, 0.15) is 66.2 Å². The molecule has 0 fully saturated rings. The number of ketones is 1. The van der Waals surface area contributed by atoms with Crippen molar-refractivity contribution in [3.05, 3.63) is 44.4 Å². The lowest BCUT2D eigenvalue weighted by atomic mass is 9.96. The maximum atomic E-state index is 13.0. The fourth-order valence-corrected chi connectivity index (χ4v) is 4.41. The smallest absolute Gasteiger partial charge is 0.315 e. The van der Waals surface area contributed by atoms with Crippen LogP contribution in [0.2, 0.25) is 5.02 Å². The molecule has 3 rings (SSSR count). The number of carbonyl (C=O) groups is 2. The molecule has 25 heavy (non-hydrogen) atoms. The quantitative estimate of drug-likeness (QED) is 0.552. The topological polar surface area (TPSA) is 48.3 Å². The molecule has 1 atom stereocenters. The Hall–Kier alpha value is -1.59. The minimum atomic E-state index is -0.296. The van der Waals surface area contributed by atoms with E-state index >= 15 is 0 Å². The third kappa shape index (κ3) is 3.53. The lowest BCUT2D eigenvalue weighted by molar-refractivity contribution is -0.149. The van der Waals surface area contributed by atoms with E-state index in [4.69, 9.17) is 16.3 Å². The number of hydrogen-bond donors (Lipinski definition) is 0. The molecule has 0 radical (unpaired) electrons. The van der Waals surface area contributed by atoms with Gasteiger partial charge < -0.3 is 9.30 Å². The van der Waals surface area contributed by atoms with Crippen LogP contribution < -0.4 is 0 Å². The standard InChI is InChI=1S/C19H22ClNO3S/c1-4-12-8-15-14(19(23)24-11(2)3)6-5-7-21(15)17(12)18(22)16-9-13(20)10-25-16/h8-11,14H,4-7H2,1-3H3. The Labute approximate surface area is 156 Å². The van der Waals surface area contributed by atoms with E-state index in [0.717, 1.165) is 37.1 Å². The van der Waals surface area contributed by atoms with E-state index in [1.54, 1.807) is 11.4 Å². The molecule has 1 aliphatic heterocycles. The average Bonchev–Trinajstić information content (AvgIpc) is 3.16. The Balaban J connectivity index is 2.02. The molecule has 0 N–H and O–H groups in total. The second kappa shape index (κ2) is 7.34. The molecular weight excluding hydrogens is 358 g/mol. The van der Waals surface area contributed by atoms with Gasteiger partial charge in [-0.2, -0.15) is 0 Å². The van der Waals surface area contributed by atoms with Gasteiger partial charge in [-0.15, -0.1) is 11.3 Å². The van der Waals surface area contributed by atoms with Gasteiger partial charge in [0.1, 0.15) is 0 Å². The van der Waals surface area contributed by atoms with Crippen molar-refractivity contribution in [1.29, 1.82) is 0 Å². The minimum absolute atomic E-state index is 0.0159. The lowest BCUT2D eigenvalue weighted by Crippen LogP contribution is -2.27. The molecule has 6 heteroatoms. The first-order valence-corrected chi connectivity index (χ1v) is 9.89. The summed E-state index contributed by atoms with van der Waals surface area (Å²) in [5, 5.41) is 2.35. The number of esters is 1. The number of hydrogen-bond acceptors (Lipinski definition) is 4. The average molecular weight is 380 g/mol. The number of ether oxygens (including phenoxy) is 1. The SMILES string of the molecule is CCc1cc2n(c1C(=O)c1cc(Cl)cs1)CCCC2C(=O)OC(C)C. The Kier molecular flexibility index (Phi) is 5.35. The van der Waals surface area contributed by atoms with Crippen LogP contribution in [0.3, 0.4) is 0 Å². The van der Waals surface area contributed by atoms with Gasteiger partial charge in [-0.25, -0.2) is 0 Å². The Bertz CT molecular complexity index is 806. The van der Waals surface area contributed by atoms with E-state index in [9.17, 15) is 9.59 Å². The fraction of sp³-hybridized carbons (Fsp3) is 0.474. The molecule has 0 spiro atoms. The van der Waals surface area contributed by atoms with Crippen LogP contribution in [0.4, 0.5) is 0 Å². The lowest BCUT2D eigenvalue weighted by Gasteiger charge is -2.25. The summed E-state index contributed by atoms with van der Waals surface area (Å²) < 4.78 is 7.44. The van der Waals surface area contributed by atoms with E-state index in [1.807, 2.05) is 31.4 Å². The number of halogens is 1. The first-order valence-electron chi connectivity index (χ1n) is 8.63. The van der Waals surface area contributed by atoms with Crippen molar-refractivity contribution in [2.45, 2.75) is 58.6 Å². The van der Waals surface area contributed by atoms with Gasteiger partial charge in [-0.05, 0) is 50.8 Å². The Morgan fingerprint density at radius 3 is 2.76 bits per heavy atom. The maximum Gasteiger partial charge on any atom is 0.315 e. The highest BCUT2D eigenvalue weighted by Gasteiger charge is 2.33. The zero-order chi connectivity index (χ0) is 18.1. The van der Waals surface area contributed by atoms with Crippen molar-refractivity contribution in [3.8, 4) is 0 Å². The predicted molar refractivity (Wildman–Crippen MR) is 99.8 cm³/mol. The predicted octanol–water partition coefficient (Wildman–Crippen LogP) is 4.83. The van der Waals surface area contributed by atoms with Crippen LogP contribution in [-0.4, -0.2) is 22.4 Å². The molecule has 0 saturated carbocycles. The van der Waals surface area contributed by atoms with E-state index < -0.39 is 0 Å². The maximum absolute atomic E-state index is 13.0. The zero-order valence-corrected chi connectivity index (χ0v) is 16.2. The third-order valence-electron chi connectivity index (χ3n) is 4.46. The van der Waals surface area contributed by atoms with Crippen molar-refractivity contribution in [2.75, 3.05) is 0 Å². The number of carbonyl (C=O) groups excluding carboxylic acids is 2. The summed E-state index contributed by atoms with van der Waals surface area (Å²) in [6.07, 6.45) is 2.22. The summed E-state index contributed by atoms with van der Waals surface area (Å²) in [5.74, 6) is -0.512. The number of aryl methyl sites for hydroxylation is 1. The third-order valence-corrected chi connectivity index (χ3v) is 5.74. The van der Waals surface area contributed by atoms with Crippen molar-refractivity contribution in [3.63, 3.8) is 0 Å². The van der Waals surface area contributed by atoms with E-state index in [2.05, 4.69) is 0 Å². The second-order valence-electron chi connectivity index (χ2n) is 6.59. The van der Waals surface area contributed by atoms with Crippen molar-refractivity contribution >= 4 is 34.7 Å². The van der Waals surface area contributed by atoms with Gasteiger partial charge >= 0.3 is 5.97 Å². The number of fused-ring (bicyclic) bond motifs is 1. The summed E-state index contributed by atoms with van der Waals surface area (Å²) in [7, 11) is 0. The first-order chi connectivity index (χ1) is 11.9. The Morgan fingerprint density at radius 1 is 1.40 bits per heavy atom. The summed E-state index contributed by atoms with van der Waals surface area (Å²) in [6, 6.07) is 3.72. The number of aromatic nitrogens is 1. The van der Waals surface area contributed by atoms with Gasteiger partial charge in [0, 0.05) is 17.6 Å². The van der Waals surface area contributed by atoms with Crippen LogP contribution in [0, 0.1) is 0 Å². The summed E-state index contributed by atoms with van der Waals surface area (Å²) in [6.45, 7) is 6.49. The molecule has 1 aliphatic rings. The highest BCUT2D eigenvalue weighted by Crippen LogP contribution is 2.35. The van der Waals surface area contributed by atoms with Crippen molar-refractivity contribution in [1.82, 2.24) is 4.57 Å². The molecular formula is C19H22ClNO3S. The van der Waals surface area contributed by atoms with Gasteiger partial charge in [-0.1, -0.05) is 18.5 Å². The number of thiophene rings is 1. The molecule has 4 nitrogen and oxygen atoms in total. The highest BCUT2D eigenvalue weighted by molar-refractivity contribution is 7.12. The fourth-order valence-electron chi connectivity index (χ4n) is 3.40. The molecule has 0 amide bonds. The Morgan fingerprint density at radius 2 is 2.16 bits per heavy atom. The molecule has 2 aromatic rings. The van der Waals surface area contributed by atoms with E-state index in [1.165, 1.54) is 11.3 Å². The highest BCUT2D eigenvalue weighted by atomic mass is 35.5. The zero-order valence-electron chi connectivity index (χ0n) is 14.7. The molecule has 0 saturated heterocycles. The van der Waals surface area contributed by atoms with Crippen LogP contribution in [-0.2, 0) is 22.5 Å². The van der Waals surface area contributed by atoms with Crippen molar-refractivity contribution in [2.24, 2.45) is 0 Å². The van der Waals surface area contributed by atoms with Crippen LogP contribution >= 0.6 is 22.9 Å². The molecule has 2 aromatic heterocycles. The molecule has 0 bridgehead atoms. The van der Waals surface area contributed by atoms with E-state index in [-0.39, 0.29) is 23.8 Å². The van der Waals surface area contributed by atoms with Crippen molar-refractivity contribution < 1.29 is 14.3 Å². The van der Waals surface area contributed by atoms with Gasteiger partial charge in [-0.3, -0.25) is 9.59 Å². The van der Waals surface area contributed by atoms with Gasteiger partial charge in [0.05, 0.1) is 27.6 Å². The minimum Gasteiger partial charge on any atom is -0.462 e.